The van der Waals surface area contributed by atoms with Crippen molar-refractivity contribution in [2.45, 2.75) is 33.6 Å². The van der Waals surface area contributed by atoms with Crippen LogP contribution in [0.1, 0.15) is 32.3 Å². The van der Waals surface area contributed by atoms with Gasteiger partial charge in [0.25, 0.3) is 0 Å². The molecule has 1 aromatic carbocycles. The molecular formula is C16H20N2O. The maximum atomic E-state index is 11.9. The number of hydrogen-bond acceptors (Lipinski definition) is 2. The van der Waals surface area contributed by atoms with Crippen molar-refractivity contribution in [1.82, 2.24) is 4.98 Å². The summed E-state index contributed by atoms with van der Waals surface area (Å²) in [5.74, 6) is 0.616. The van der Waals surface area contributed by atoms with Crippen LogP contribution in [0.15, 0.2) is 30.5 Å². The van der Waals surface area contributed by atoms with Crippen molar-refractivity contribution in [2.24, 2.45) is 5.92 Å². The van der Waals surface area contributed by atoms with Gasteiger partial charge in [-0.2, -0.15) is 0 Å². The van der Waals surface area contributed by atoms with Crippen molar-refractivity contribution in [2.75, 3.05) is 5.32 Å². The molecule has 3 nitrogen and oxygen atoms in total. The second-order valence-corrected chi connectivity index (χ2v) is 5.31. The third-order valence-electron chi connectivity index (χ3n) is 3.19. The number of nitrogens with zero attached hydrogens (tertiary/aromatic N) is 1. The zero-order valence-corrected chi connectivity index (χ0v) is 11.7. The molecule has 0 unspecified atom stereocenters. The Kier molecular flexibility index (Phi) is 4.15. The molecule has 0 radical (unpaired) electrons. The molecule has 0 bridgehead atoms. The number of anilines is 1. The van der Waals surface area contributed by atoms with Gasteiger partial charge in [0.2, 0.25) is 5.91 Å². The van der Waals surface area contributed by atoms with Crippen LogP contribution in [0.4, 0.5) is 5.69 Å². The van der Waals surface area contributed by atoms with Gasteiger partial charge in [-0.25, -0.2) is 0 Å². The number of aryl methyl sites for hydroxylation is 1. The molecule has 0 saturated carbocycles. The number of fused-ring (bicyclic) bond motifs is 1. The normalized spacial score (nSPS) is 10.9. The third-order valence-corrected chi connectivity index (χ3v) is 3.19. The van der Waals surface area contributed by atoms with Gasteiger partial charge >= 0.3 is 0 Å². The number of amides is 1. The van der Waals surface area contributed by atoms with Crippen LogP contribution in [-0.2, 0) is 4.79 Å². The molecule has 2 rings (SSSR count). The maximum absolute atomic E-state index is 11.9. The predicted octanol–water partition coefficient (Wildman–Crippen LogP) is 3.92. The maximum Gasteiger partial charge on any atom is 0.224 e. The summed E-state index contributed by atoms with van der Waals surface area (Å²) in [6.45, 7) is 6.27. The second-order valence-electron chi connectivity index (χ2n) is 5.31. The summed E-state index contributed by atoms with van der Waals surface area (Å²) < 4.78 is 0. The first-order valence-electron chi connectivity index (χ1n) is 6.72. The number of carbonyl (C=O) groups excluding carboxylic acids is 1. The van der Waals surface area contributed by atoms with Crippen LogP contribution in [0.2, 0.25) is 0 Å². The highest BCUT2D eigenvalue weighted by molar-refractivity contribution is 6.01. The van der Waals surface area contributed by atoms with Gasteiger partial charge in [-0.15, -0.1) is 0 Å². The summed E-state index contributed by atoms with van der Waals surface area (Å²) in [7, 11) is 0. The Labute approximate surface area is 114 Å². The molecule has 19 heavy (non-hydrogen) atoms. The molecule has 1 N–H and O–H groups in total. The molecule has 1 aromatic heterocycles. The lowest BCUT2D eigenvalue weighted by Crippen LogP contribution is -2.12. The molecule has 0 aliphatic carbocycles. The largest absolute Gasteiger partial charge is 0.325 e. The van der Waals surface area contributed by atoms with E-state index >= 15 is 0 Å². The number of nitrogens with one attached hydrogen (secondary N) is 1. The smallest absolute Gasteiger partial charge is 0.224 e. The van der Waals surface area contributed by atoms with Gasteiger partial charge in [0.05, 0.1) is 11.2 Å². The minimum Gasteiger partial charge on any atom is -0.325 e. The van der Waals surface area contributed by atoms with E-state index in [2.05, 4.69) is 24.1 Å². The van der Waals surface area contributed by atoms with E-state index in [1.54, 1.807) is 6.20 Å². The van der Waals surface area contributed by atoms with E-state index in [-0.39, 0.29) is 5.91 Å². The Bertz CT molecular complexity index is 590. The number of benzene rings is 1. The third kappa shape index (κ3) is 3.31. The van der Waals surface area contributed by atoms with E-state index in [0.29, 0.717) is 12.3 Å². The topological polar surface area (TPSA) is 42.0 Å². The van der Waals surface area contributed by atoms with E-state index in [0.717, 1.165) is 28.6 Å². The summed E-state index contributed by atoms with van der Waals surface area (Å²) in [6, 6.07) is 7.83. The van der Waals surface area contributed by atoms with Crippen molar-refractivity contribution in [3.8, 4) is 0 Å². The first-order valence-corrected chi connectivity index (χ1v) is 6.72. The Balaban J connectivity index is 2.21. The van der Waals surface area contributed by atoms with Gasteiger partial charge in [0.15, 0.2) is 0 Å². The van der Waals surface area contributed by atoms with Crippen LogP contribution in [-0.4, -0.2) is 10.9 Å². The van der Waals surface area contributed by atoms with Crippen molar-refractivity contribution >= 4 is 22.5 Å². The van der Waals surface area contributed by atoms with E-state index in [4.69, 9.17) is 0 Å². The average molecular weight is 256 g/mol. The fraction of sp³-hybridized carbons (Fsp3) is 0.375. The molecule has 1 heterocycles. The molecule has 3 heteroatoms. The summed E-state index contributed by atoms with van der Waals surface area (Å²) in [6.07, 6.45) is 3.25. The second kappa shape index (κ2) is 5.83. The van der Waals surface area contributed by atoms with Gasteiger partial charge < -0.3 is 5.32 Å². The molecule has 0 aliphatic rings. The van der Waals surface area contributed by atoms with Crippen LogP contribution in [0.25, 0.3) is 10.9 Å². The molecule has 0 fully saturated rings. The Morgan fingerprint density at radius 1 is 1.32 bits per heavy atom. The van der Waals surface area contributed by atoms with Crippen molar-refractivity contribution in [3.63, 3.8) is 0 Å². The fourth-order valence-electron chi connectivity index (χ4n) is 2.06. The monoisotopic (exact) mass is 256 g/mol. The summed E-state index contributed by atoms with van der Waals surface area (Å²) >= 11 is 0. The van der Waals surface area contributed by atoms with Crippen LogP contribution < -0.4 is 5.32 Å². The van der Waals surface area contributed by atoms with Crippen LogP contribution in [0.3, 0.4) is 0 Å². The van der Waals surface area contributed by atoms with E-state index in [1.165, 1.54) is 0 Å². The highest BCUT2D eigenvalue weighted by Gasteiger charge is 2.08. The van der Waals surface area contributed by atoms with Crippen molar-refractivity contribution in [1.29, 1.82) is 0 Å². The van der Waals surface area contributed by atoms with Gasteiger partial charge in [-0.1, -0.05) is 19.9 Å². The SMILES string of the molecule is Cc1ccc(NC(=O)CCC(C)C)c2cccnc12. The minimum absolute atomic E-state index is 0.0720. The highest BCUT2D eigenvalue weighted by Crippen LogP contribution is 2.24. The number of pyridine rings is 1. The molecule has 100 valence electrons. The van der Waals surface area contributed by atoms with Crippen molar-refractivity contribution < 1.29 is 4.79 Å². The zero-order valence-electron chi connectivity index (χ0n) is 11.7. The van der Waals surface area contributed by atoms with E-state index in [9.17, 15) is 4.79 Å². The summed E-state index contributed by atoms with van der Waals surface area (Å²) in [5.41, 5.74) is 2.92. The molecule has 1 amide bonds. The number of carbonyl (C=O) groups is 1. The number of hydrogen-bond donors (Lipinski definition) is 1. The minimum atomic E-state index is 0.0720. The number of rotatable bonds is 4. The first-order chi connectivity index (χ1) is 9.08. The molecule has 0 saturated heterocycles. The molecule has 0 atom stereocenters. The lowest BCUT2D eigenvalue weighted by atomic mass is 10.1. The zero-order chi connectivity index (χ0) is 13.8. The van der Waals surface area contributed by atoms with Gasteiger partial charge in [0, 0.05) is 18.0 Å². The lowest BCUT2D eigenvalue weighted by Gasteiger charge is -2.10. The van der Waals surface area contributed by atoms with E-state index in [1.807, 2.05) is 31.2 Å². The number of aromatic nitrogens is 1. The Morgan fingerprint density at radius 2 is 2.11 bits per heavy atom. The average Bonchev–Trinajstić information content (AvgIpc) is 2.40. The molecule has 0 aliphatic heterocycles. The molecule has 0 spiro atoms. The standard InChI is InChI=1S/C16H20N2O/c1-11(2)6-9-15(19)18-14-8-7-12(3)16-13(14)5-4-10-17-16/h4-5,7-8,10-11H,6,9H2,1-3H3,(H,18,19). The first kappa shape index (κ1) is 13.5. The summed E-state index contributed by atoms with van der Waals surface area (Å²) in [4.78, 5) is 16.3. The lowest BCUT2D eigenvalue weighted by molar-refractivity contribution is -0.116. The van der Waals surface area contributed by atoms with Crippen LogP contribution in [0, 0.1) is 12.8 Å². The van der Waals surface area contributed by atoms with Crippen LogP contribution >= 0.6 is 0 Å². The summed E-state index contributed by atoms with van der Waals surface area (Å²) in [5, 5.41) is 3.99. The Morgan fingerprint density at radius 3 is 2.84 bits per heavy atom. The van der Waals surface area contributed by atoms with Gasteiger partial charge in [-0.3, -0.25) is 9.78 Å². The fourth-order valence-corrected chi connectivity index (χ4v) is 2.06. The van der Waals surface area contributed by atoms with Crippen LogP contribution in [0.5, 0.6) is 0 Å². The van der Waals surface area contributed by atoms with E-state index < -0.39 is 0 Å². The van der Waals surface area contributed by atoms with Gasteiger partial charge in [-0.05, 0) is 43.0 Å². The van der Waals surface area contributed by atoms with Gasteiger partial charge in [0.1, 0.15) is 0 Å². The quantitative estimate of drug-likeness (QED) is 0.901. The van der Waals surface area contributed by atoms with Crippen molar-refractivity contribution in [3.05, 3.63) is 36.0 Å². The molecule has 2 aromatic rings. The predicted molar refractivity (Wildman–Crippen MR) is 79.2 cm³/mol. The molecular weight excluding hydrogens is 236 g/mol. The Hall–Kier alpha value is -1.90. The highest BCUT2D eigenvalue weighted by atomic mass is 16.1.